The van der Waals surface area contributed by atoms with E-state index in [0.717, 1.165) is 24.0 Å². The molecule has 3 aromatic rings. The van der Waals surface area contributed by atoms with Gasteiger partial charge < -0.3 is 9.64 Å². The van der Waals surface area contributed by atoms with Gasteiger partial charge in [0, 0.05) is 22.9 Å². The molecule has 0 radical (unpaired) electrons. The smallest absolute Gasteiger partial charge is 0.411 e. The second-order valence-electron chi connectivity index (χ2n) is 8.87. The number of ketones is 1. The first-order chi connectivity index (χ1) is 16.1. The fourth-order valence-electron chi connectivity index (χ4n) is 5.29. The fraction of sp³-hybridized carbons (Fsp3) is 0.222. The lowest BCUT2D eigenvalue weighted by Crippen LogP contribution is -2.38. The number of benzene rings is 3. The Bertz CT molecular complexity index is 1290. The van der Waals surface area contributed by atoms with Crippen LogP contribution in [0.3, 0.4) is 0 Å². The van der Waals surface area contributed by atoms with E-state index in [4.69, 9.17) is 4.74 Å². The Balaban J connectivity index is 1.10. The van der Waals surface area contributed by atoms with Crippen LogP contribution in [0.15, 0.2) is 66.7 Å². The van der Waals surface area contributed by atoms with Gasteiger partial charge in [-0.25, -0.2) is 4.79 Å². The summed E-state index contributed by atoms with van der Waals surface area (Å²) in [4.78, 5) is 39.7. The molecular formula is C27H22N2O4. The Hall–Kier alpha value is -3.93. The average Bonchev–Trinajstić information content (AvgIpc) is 3.48. The first kappa shape index (κ1) is 19.7. The van der Waals surface area contributed by atoms with Crippen molar-refractivity contribution in [2.45, 2.75) is 31.4 Å². The van der Waals surface area contributed by atoms with Crippen LogP contribution in [0.1, 0.15) is 33.5 Å². The molecule has 6 nitrogen and oxygen atoms in total. The Morgan fingerprint density at radius 2 is 1.48 bits per heavy atom. The minimum absolute atomic E-state index is 0.0199. The maximum atomic E-state index is 12.7. The number of carbonyl (C=O) groups excluding carboxylic acids is 3. The van der Waals surface area contributed by atoms with E-state index in [9.17, 15) is 14.4 Å². The van der Waals surface area contributed by atoms with E-state index in [1.54, 1.807) is 12.1 Å². The third-order valence-corrected chi connectivity index (χ3v) is 6.84. The van der Waals surface area contributed by atoms with Crippen molar-refractivity contribution in [1.29, 1.82) is 0 Å². The highest BCUT2D eigenvalue weighted by Crippen LogP contribution is 2.37. The molecule has 1 aliphatic heterocycles. The quantitative estimate of drug-likeness (QED) is 0.520. The molecule has 1 unspecified atom stereocenters. The molecule has 3 aliphatic rings. The van der Waals surface area contributed by atoms with Gasteiger partial charge in [0.2, 0.25) is 5.91 Å². The Labute approximate surface area is 191 Å². The third-order valence-electron chi connectivity index (χ3n) is 6.84. The van der Waals surface area contributed by atoms with Crippen LogP contribution in [0.4, 0.5) is 10.5 Å². The number of nitrogens with one attached hydrogen (secondary N) is 1. The first-order valence-electron chi connectivity index (χ1n) is 11.2. The molecule has 1 fully saturated rings. The largest absolute Gasteiger partial charge is 0.444 e. The van der Waals surface area contributed by atoms with Gasteiger partial charge in [-0.2, -0.15) is 0 Å². The van der Waals surface area contributed by atoms with Crippen LogP contribution < -0.4 is 5.32 Å². The summed E-state index contributed by atoms with van der Waals surface area (Å²) in [6.45, 7) is 0.406. The lowest BCUT2D eigenvalue weighted by atomic mass is 10.1. The van der Waals surface area contributed by atoms with Crippen molar-refractivity contribution >= 4 is 23.5 Å². The van der Waals surface area contributed by atoms with Crippen LogP contribution in [-0.4, -0.2) is 41.4 Å². The van der Waals surface area contributed by atoms with Gasteiger partial charge in [0.15, 0.2) is 5.78 Å². The van der Waals surface area contributed by atoms with Crippen molar-refractivity contribution in [2.24, 2.45) is 0 Å². The van der Waals surface area contributed by atoms with Crippen LogP contribution in [0.25, 0.3) is 11.1 Å². The topological polar surface area (TPSA) is 75.7 Å². The van der Waals surface area contributed by atoms with Gasteiger partial charge in [-0.05, 0) is 47.2 Å². The van der Waals surface area contributed by atoms with Crippen LogP contribution in [-0.2, 0) is 22.4 Å². The van der Waals surface area contributed by atoms with Gasteiger partial charge in [-0.3, -0.25) is 14.9 Å². The van der Waals surface area contributed by atoms with Crippen LogP contribution in [0.5, 0.6) is 0 Å². The molecule has 164 valence electrons. The number of rotatable bonds is 3. The number of ether oxygens (including phenoxy) is 1. The summed E-state index contributed by atoms with van der Waals surface area (Å²) in [7, 11) is 0. The number of hydrogen-bond acceptors (Lipinski definition) is 4. The molecule has 0 bridgehead atoms. The third kappa shape index (κ3) is 3.39. The summed E-state index contributed by atoms with van der Waals surface area (Å²) in [6, 6.07) is 21.1. The van der Waals surface area contributed by atoms with E-state index in [0.29, 0.717) is 23.4 Å². The SMILES string of the molecule is O=C(Nc1ccc2c(c1)C(=O)c1ccccc1-2)OC1CC(=O)N(C2Cc3ccccc3C2)C1. The standard InChI is InChI=1S/C27H22N2O4/c30-25-14-20(15-29(25)19-11-16-5-1-2-6-17(16)12-19)33-27(32)28-18-9-10-22-21-7-3-4-8-23(21)26(31)24(22)13-18/h1-10,13,19-20H,11-12,14-15H2,(H,28,32). The zero-order valence-electron chi connectivity index (χ0n) is 17.9. The molecule has 0 saturated carbocycles. The summed E-state index contributed by atoms with van der Waals surface area (Å²) in [5.41, 5.74) is 6.07. The van der Waals surface area contributed by atoms with Crippen LogP contribution >= 0.6 is 0 Å². The molecule has 2 aliphatic carbocycles. The van der Waals surface area contributed by atoms with Crippen molar-refractivity contribution < 1.29 is 19.1 Å². The molecular weight excluding hydrogens is 416 g/mol. The Morgan fingerprint density at radius 1 is 0.818 bits per heavy atom. The van der Waals surface area contributed by atoms with Crippen molar-refractivity contribution in [3.05, 3.63) is 89.0 Å². The average molecular weight is 438 g/mol. The van der Waals surface area contributed by atoms with Gasteiger partial charge in [0.25, 0.3) is 0 Å². The molecule has 1 N–H and O–H groups in total. The van der Waals surface area contributed by atoms with Crippen molar-refractivity contribution in [3.8, 4) is 11.1 Å². The molecule has 6 rings (SSSR count). The number of hydrogen-bond donors (Lipinski definition) is 1. The second kappa shape index (κ2) is 7.59. The van der Waals surface area contributed by atoms with Crippen molar-refractivity contribution in [3.63, 3.8) is 0 Å². The van der Waals surface area contributed by atoms with Crippen LogP contribution in [0, 0.1) is 0 Å². The van der Waals surface area contributed by atoms with Crippen LogP contribution in [0.2, 0.25) is 0 Å². The zero-order chi connectivity index (χ0) is 22.5. The molecule has 1 saturated heterocycles. The van der Waals surface area contributed by atoms with Gasteiger partial charge >= 0.3 is 6.09 Å². The van der Waals surface area contributed by atoms with E-state index >= 15 is 0 Å². The molecule has 33 heavy (non-hydrogen) atoms. The first-order valence-corrected chi connectivity index (χ1v) is 11.2. The molecule has 0 aromatic heterocycles. The molecule has 0 spiro atoms. The predicted molar refractivity (Wildman–Crippen MR) is 123 cm³/mol. The number of likely N-dealkylation sites (tertiary alicyclic amines) is 1. The summed E-state index contributed by atoms with van der Waals surface area (Å²) >= 11 is 0. The second-order valence-corrected chi connectivity index (χ2v) is 8.87. The van der Waals surface area contributed by atoms with E-state index in [-0.39, 0.29) is 24.2 Å². The number of nitrogens with zero attached hydrogens (tertiary/aromatic N) is 1. The lowest BCUT2D eigenvalue weighted by Gasteiger charge is -2.24. The van der Waals surface area contributed by atoms with E-state index < -0.39 is 12.2 Å². The minimum atomic E-state index is -0.618. The summed E-state index contributed by atoms with van der Waals surface area (Å²) in [5.74, 6) is -0.0290. The molecule has 1 atom stereocenters. The number of fused-ring (bicyclic) bond motifs is 4. The fourth-order valence-corrected chi connectivity index (χ4v) is 5.29. The summed E-state index contributed by atoms with van der Waals surface area (Å²) < 4.78 is 5.56. The zero-order valence-corrected chi connectivity index (χ0v) is 17.9. The molecule has 3 aromatic carbocycles. The lowest BCUT2D eigenvalue weighted by molar-refractivity contribution is -0.129. The van der Waals surface area contributed by atoms with E-state index in [1.807, 2.05) is 47.4 Å². The monoisotopic (exact) mass is 438 g/mol. The maximum absolute atomic E-state index is 12.7. The molecule has 2 amide bonds. The van der Waals surface area contributed by atoms with Gasteiger partial charge in [0.1, 0.15) is 6.10 Å². The van der Waals surface area contributed by atoms with E-state index in [2.05, 4.69) is 17.4 Å². The Kier molecular flexibility index (Phi) is 4.54. The minimum Gasteiger partial charge on any atom is -0.444 e. The highest BCUT2D eigenvalue weighted by molar-refractivity contribution is 6.22. The number of carbonyl (C=O) groups is 3. The molecule has 6 heteroatoms. The van der Waals surface area contributed by atoms with E-state index in [1.165, 1.54) is 11.1 Å². The van der Waals surface area contributed by atoms with Gasteiger partial charge in [0.05, 0.1) is 13.0 Å². The summed E-state index contributed by atoms with van der Waals surface area (Å²) in [5, 5.41) is 2.72. The number of anilines is 1. The number of amides is 2. The Morgan fingerprint density at radius 3 is 2.24 bits per heavy atom. The molecule has 1 heterocycles. The van der Waals surface area contributed by atoms with Crippen molar-refractivity contribution in [1.82, 2.24) is 4.90 Å². The predicted octanol–water partition coefficient (Wildman–Crippen LogP) is 4.21. The highest BCUT2D eigenvalue weighted by atomic mass is 16.6. The van der Waals surface area contributed by atoms with Gasteiger partial charge in [-0.15, -0.1) is 0 Å². The highest BCUT2D eigenvalue weighted by Gasteiger charge is 2.38. The van der Waals surface area contributed by atoms with Gasteiger partial charge in [-0.1, -0.05) is 54.6 Å². The van der Waals surface area contributed by atoms with Crippen molar-refractivity contribution in [2.75, 3.05) is 11.9 Å². The maximum Gasteiger partial charge on any atom is 0.411 e. The summed E-state index contributed by atoms with van der Waals surface area (Å²) in [6.07, 6.45) is 0.769. The normalized spacial score (nSPS) is 18.8.